The van der Waals surface area contributed by atoms with Crippen molar-refractivity contribution < 1.29 is 4.92 Å². The molecule has 0 saturated carbocycles. The SMILES string of the molecule is Cc1cc([N+](=O)[O-])c(C)[nH]1. The van der Waals surface area contributed by atoms with Crippen LogP contribution in [0, 0.1) is 24.0 Å². The summed E-state index contributed by atoms with van der Waals surface area (Å²) in [6.45, 7) is 3.48. The number of H-pyrrole nitrogens is 1. The second-order valence-electron chi connectivity index (χ2n) is 2.22. The molecule has 0 saturated heterocycles. The largest absolute Gasteiger partial charge is 0.357 e. The Morgan fingerprint density at radius 1 is 1.60 bits per heavy atom. The van der Waals surface area contributed by atoms with E-state index in [1.54, 1.807) is 13.8 Å². The van der Waals surface area contributed by atoms with Crippen LogP contribution < -0.4 is 0 Å². The van der Waals surface area contributed by atoms with E-state index in [1.165, 1.54) is 6.07 Å². The van der Waals surface area contributed by atoms with Crippen LogP contribution in [0.2, 0.25) is 0 Å². The van der Waals surface area contributed by atoms with Gasteiger partial charge in [-0.15, -0.1) is 0 Å². The van der Waals surface area contributed by atoms with E-state index in [9.17, 15) is 10.1 Å². The lowest BCUT2D eigenvalue weighted by atomic mass is 10.4. The third-order valence-corrected chi connectivity index (χ3v) is 1.32. The van der Waals surface area contributed by atoms with Gasteiger partial charge in [-0.3, -0.25) is 10.1 Å². The third kappa shape index (κ3) is 1.00. The third-order valence-electron chi connectivity index (χ3n) is 1.32. The van der Waals surface area contributed by atoms with E-state index < -0.39 is 4.92 Å². The molecule has 1 N–H and O–H groups in total. The minimum Gasteiger partial charge on any atom is -0.357 e. The van der Waals surface area contributed by atoms with Crippen molar-refractivity contribution in [3.63, 3.8) is 0 Å². The predicted molar refractivity (Wildman–Crippen MR) is 36.9 cm³/mol. The van der Waals surface area contributed by atoms with Crippen LogP contribution in [-0.2, 0) is 0 Å². The van der Waals surface area contributed by atoms with Crippen LogP contribution in [0.3, 0.4) is 0 Å². The quantitative estimate of drug-likeness (QED) is 0.475. The molecule has 10 heavy (non-hydrogen) atoms. The van der Waals surface area contributed by atoms with Crippen LogP contribution in [0.25, 0.3) is 0 Å². The molecule has 0 spiro atoms. The summed E-state index contributed by atoms with van der Waals surface area (Å²) in [5.74, 6) is 0. The van der Waals surface area contributed by atoms with Crippen LogP contribution in [0.4, 0.5) is 5.69 Å². The van der Waals surface area contributed by atoms with E-state index in [2.05, 4.69) is 4.98 Å². The van der Waals surface area contributed by atoms with Gasteiger partial charge in [0.15, 0.2) is 0 Å². The molecule has 1 aromatic heterocycles. The van der Waals surface area contributed by atoms with Crippen LogP contribution in [0.15, 0.2) is 6.07 Å². The summed E-state index contributed by atoms with van der Waals surface area (Å²) in [6.07, 6.45) is 0. The van der Waals surface area contributed by atoms with Gasteiger partial charge >= 0.3 is 0 Å². The molecule has 0 amide bonds. The maximum Gasteiger partial charge on any atom is 0.289 e. The highest BCUT2D eigenvalue weighted by atomic mass is 16.6. The van der Waals surface area contributed by atoms with E-state index >= 15 is 0 Å². The molecule has 4 nitrogen and oxygen atoms in total. The van der Waals surface area contributed by atoms with Crippen molar-refractivity contribution in [2.45, 2.75) is 13.8 Å². The standard InChI is InChI=1S/C6H8N2O2/c1-4-3-6(8(9)10)5(2)7-4/h3,7H,1-2H3. The van der Waals surface area contributed by atoms with Crippen molar-refractivity contribution in [1.29, 1.82) is 0 Å². The van der Waals surface area contributed by atoms with Crippen LogP contribution in [0.5, 0.6) is 0 Å². The predicted octanol–water partition coefficient (Wildman–Crippen LogP) is 1.54. The molecular formula is C6H8N2O2. The highest BCUT2D eigenvalue weighted by Gasteiger charge is 2.11. The molecule has 0 unspecified atom stereocenters. The summed E-state index contributed by atoms with van der Waals surface area (Å²) < 4.78 is 0. The van der Waals surface area contributed by atoms with Gasteiger partial charge in [-0.2, -0.15) is 0 Å². The van der Waals surface area contributed by atoms with Crippen LogP contribution in [0.1, 0.15) is 11.4 Å². The molecule has 0 aliphatic carbocycles. The first kappa shape index (κ1) is 6.80. The molecule has 4 heteroatoms. The highest BCUT2D eigenvalue weighted by molar-refractivity contribution is 5.37. The van der Waals surface area contributed by atoms with Crippen molar-refractivity contribution >= 4 is 5.69 Å². The Hall–Kier alpha value is -1.32. The molecule has 0 aliphatic rings. The molecule has 0 aromatic carbocycles. The number of hydrogen-bond acceptors (Lipinski definition) is 2. The fourth-order valence-corrected chi connectivity index (χ4v) is 0.899. The normalized spacial score (nSPS) is 9.80. The van der Waals surface area contributed by atoms with Crippen molar-refractivity contribution in [3.05, 3.63) is 27.6 Å². The van der Waals surface area contributed by atoms with Gasteiger partial charge in [0.1, 0.15) is 0 Å². The average molecular weight is 140 g/mol. The number of aromatic nitrogens is 1. The fourth-order valence-electron chi connectivity index (χ4n) is 0.899. The first-order valence-electron chi connectivity index (χ1n) is 2.92. The maximum atomic E-state index is 10.2. The Kier molecular flexibility index (Phi) is 1.45. The van der Waals surface area contributed by atoms with Crippen molar-refractivity contribution in [2.75, 3.05) is 0 Å². The van der Waals surface area contributed by atoms with Gasteiger partial charge in [0.05, 0.1) is 10.6 Å². The second-order valence-corrected chi connectivity index (χ2v) is 2.22. The van der Waals surface area contributed by atoms with Gasteiger partial charge in [0, 0.05) is 11.8 Å². The molecule has 1 rings (SSSR count). The molecule has 0 radical (unpaired) electrons. The van der Waals surface area contributed by atoms with Gasteiger partial charge in [0.25, 0.3) is 5.69 Å². The summed E-state index contributed by atoms with van der Waals surface area (Å²) in [6, 6.07) is 1.52. The lowest BCUT2D eigenvalue weighted by Gasteiger charge is -1.84. The molecule has 1 aromatic rings. The zero-order valence-corrected chi connectivity index (χ0v) is 5.84. The van der Waals surface area contributed by atoms with E-state index in [-0.39, 0.29) is 5.69 Å². The lowest BCUT2D eigenvalue weighted by molar-refractivity contribution is -0.385. The minimum atomic E-state index is -0.390. The number of rotatable bonds is 1. The van der Waals surface area contributed by atoms with Gasteiger partial charge in [0.2, 0.25) is 0 Å². The summed E-state index contributed by atoms with van der Waals surface area (Å²) >= 11 is 0. The van der Waals surface area contributed by atoms with E-state index in [4.69, 9.17) is 0 Å². The fraction of sp³-hybridized carbons (Fsp3) is 0.333. The van der Waals surface area contributed by atoms with Crippen molar-refractivity contribution in [2.24, 2.45) is 0 Å². The number of nitrogens with zero attached hydrogens (tertiary/aromatic N) is 1. The number of aryl methyl sites for hydroxylation is 2. The Balaban J connectivity index is 3.15. The van der Waals surface area contributed by atoms with Crippen molar-refractivity contribution in [1.82, 2.24) is 4.98 Å². The first-order valence-corrected chi connectivity index (χ1v) is 2.92. The van der Waals surface area contributed by atoms with Gasteiger partial charge in [-0.25, -0.2) is 0 Å². The number of nitrogens with one attached hydrogen (secondary N) is 1. The minimum absolute atomic E-state index is 0.164. The summed E-state index contributed by atoms with van der Waals surface area (Å²) in [4.78, 5) is 12.7. The molecule has 54 valence electrons. The molecule has 0 atom stereocenters. The Bertz CT molecular complexity index is 265. The zero-order valence-electron chi connectivity index (χ0n) is 5.84. The molecule has 1 heterocycles. The smallest absolute Gasteiger partial charge is 0.289 e. The molecular weight excluding hydrogens is 132 g/mol. The van der Waals surface area contributed by atoms with Gasteiger partial charge < -0.3 is 4.98 Å². The van der Waals surface area contributed by atoms with Crippen LogP contribution >= 0.6 is 0 Å². The number of nitro groups is 1. The number of hydrogen-bond donors (Lipinski definition) is 1. The summed E-state index contributed by atoms with van der Waals surface area (Å²) in [5.41, 5.74) is 1.60. The molecule has 0 aliphatic heterocycles. The van der Waals surface area contributed by atoms with Gasteiger partial charge in [-0.05, 0) is 13.8 Å². The van der Waals surface area contributed by atoms with E-state index in [0.29, 0.717) is 5.69 Å². The average Bonchev–Trinajstić information content (AvgIpc) is 2.10. The lowest BCUT2D eigenvalue weighted by Crippen LogP contribution is -1.86. The Labute approximate surface area is 58.0 Å². The Morgan fingerprint density at radius 2 is 2.20 bits per heavy atom. The molecule has 0 fully saturated rings. The van der Waals surface area contributed by atoms with E-state index in [0.717, 1.165) is 5.69 Å². The Morgan fingerprint density at radius 3 is 2.40 bits per heavy atom. The highest BCUT2D eigenvalue weighted by Crippen LogP contribution is 2.17. The van der Waals surface area contributed by atoms with E-state index in [1.807, 2.05) is 0 Å². The second kappa shape index (κ2) is 2.13. The zero-order chi connectivity index (χ0) is 7.72. The number of aromatic amines is 1. The molecule has 0 bridgehead atoms. The van der Waals surface area contributed by atoms with Gasteiger partial charge in [-0.1, -0.05) is 0 Å². The van der Waals surface area contributed by atoms with Crippen LogP contribution in [-0.4, -0.2) is 9.91 Å². The topological polar surface area (TPSA) is 58.9 Å². The van der Waals surface area contributed by atoms with Crippen molar-refractivity contribution in [3.8, 4) is 0 Å². The maximum absolute atomic E-state index is 10.2. The monoisotopic (exact) mass is 140 g/mol. The summed E-state index contributed by atoms with van der Waals surface area (Å²) in [7, 11) is 0. The first-order chi connectivity index (χ1) is 4.61. The summed E-state index contributed by atoms with van der Waals surface area (Å²) in [5, 5.41) is 10.2.